The third-order valence-electron chi connectivity index (χ3n) is 0.789. The first-order valence-corrected chi connectivity index (χ1v) is 2.87. The highest BCUT2D eigenvalue weighted by atomic mass is 16.2. The lowest BCUT2D eigenvalue weighted by Crippen LogP contribution is -1.58. The summed E-state index contributed by atoms with van der Waals surface area (Å²) in [5, 5.41) is 8.13. The van der Waals surface area contributed by atoms with Crippen molar-refractivity contribution in [3.63, 3.8) is 0 Å². The Morgan fingerprint density at radius 2 is 2.12 bits per heavy atom. The summed E-state index contributed by atoms with van der Waals surface area (Å²) in [4.78, 5) is 0. The van der Waals surface area contributed by atoms with Crippen molar-refractivity contribution >= 4 is 0 Å². The van der Waals surface area contributed by atoms with Crippen molar-refractivity contribution in [3.05, 3.63) is 24.5 Å². The molecule has 0 aromatic rings. The zero-order valence-electron chi connectivity index (χ0n) is 5.17. The molecule has 0 spiro atoms. The Morgan fingerprint density at radius 3 is 2.62 bits per heavy atom. The van der Waals surface area contributed by atoms with E-state index in [-0.39, 0.29) is 0 Å². The quantitative estimate of drug-likeness (QED) is 0.439. The van der Waals surface area contributed by atoms with E-state index in [1.54, 1.807) is 6.08 Å². The average Bonchev–Trinajstić information content (AvgIpc) is 1.81. The van der Waals surface area contributed by atoms with Gasteiger partial charge in [-0.15, -0.1) is 0 Å². The Kier molecular flexibility index (Phi) is 5.71. The van der Waals surface area contributed by atoms with Crippen molar-refractivity contribution in [1.29, 1.82) is 0 Å². The van der Waals surface area contributed by atoms with Gasteiger partial charge >= 0.3 is 0 Å². The highest BCUT2D eigenvalue weighted by Crippen LogP contribution is 1.87. The van der Waals surface area contributed by atoms with Gasteiger partial charge in [-0.1, -0.05) is 25.5 Å². The Hall–Kier alpha value is -0.720. The normalized spacial score (nSPS) is 11.6. The van der Waals surface area contributed by atoms with Gasteiger partial charge < -0.3 is 5.11 Å². The van der Waals surface area contributed by atoms with E-state index in [0.717, 1.165) is 19.1 Å². The molecule has 46 valence electrons. The summed E-state index contributed by atoms with van der Waals surface area (Å²) < 4.78 is 0. The number of hydrogen-bond acceptors (Lipinski definition) is 1. The van der Waals surface area contributed by atoms with Gasteiger partial charge in [-0.3, -0.25) is 0 Å². The van der Waals surface area contributed by atoms with Gasteiger partial charge in [-0.05, 0) is 12.5 Å². The van der Waals surface area contributed by atoms with Gasteiger partial charge in [0.2, 0.25) is 0 Å². The molecule has 0 aliphatic carbocycles. The van der Waals surface area contributed by atoms with E-state index < -0.39 is 0 Å². The molecule has 0 aromatic heterocycles. The van der Waals surface area contributed by atoms with Gasteiger partial charge in [0.05, 0.1) is 6.26 Å². The Balaban J connectivity index is 3.07. The van der Waals surface area contributed by atoms with Gasteiger partial charge in [-0.2, -0.15) is 0 Å². The summed E-state index contributed by atoms with van der Waals surface area (Å²) in [5.74, 6) is 0. The minimum absolute atomic E-state index is 1.03. The fourth-order valence-corrected chi connectivity index (χ4v) is 0.391. The summed E-state index contributed by atoms with van der Waals surface area (Å²) in [6.45, 7) is 2.12. The number of aliphatic hydroxyl groups is 1. The van der Waals surface area contributed by atoms with Crippen molar-refractivity contribution in [2.24, 2.45) is 0 Å². The molecule has 1 N–H and O–H groups in total. The molecule has 1 heteroatoms. The molecule has 0 saturated carbocycles. The fourth-order valence-electron chi connectivity index (χ4n) is 0.391. The van der Waals surface area contributed by atoms with Crippen molar-refractivity contribution in [3.8, 4) is 0 Å². The Bertz CT molecular complexity index is 82.4. The first-order valence-electron chi connectivity index (χ1n) is 2.87. The molecule has 0 atom stereocenters. The van der Waals surface area contributed by atoms with Crippen molar-refractivity contribution in [2.75, 3.05) is 0 Å². The van der Waals surface area contributed by atoms with E-state index in [1.165, 1.54) is 0 Å². The first-order chi connectivity index (χ1) is 3.91. The van der Waals surface area contributed by atoms with Crippen LogP contribution in [0.3, 0.4) is 0 Å². The third-order valence-corrected chi connectivity index (χ3v) is 0.789. The van der Waals surface area contributed by atoms with Crippen LogP contribution in [-0.2, 0) is 0 Å². The van der Waals surface area contributed by atoms with Crippen LogP contribution in [0.4, 0.5) is 0 Å². The highest BCUT2D eigenvalue weighted by molar-refractivity contribution is 4.98. The Morgan fingerprint density at radius 1 is 1.38 bits per heavy atom. The number of hydrogen-bond donors (Lipinski definition) is 1. The van der Waals surface area contributed by atoms with Crippen LogP contribution in [0, 0.1) is 0 Å². The van der Waals surface area contributed by atoms with Gasteiger partial charge in [0.25, 0.3) is 0 Å². The minimum atomic E-state index is 1.03. The summed E-state index contributed by atoms with van der Waals surface area (Å²) >= 11 is 0. The predicted molar refractivity (Wildman–Crippen MR) is 35.8 cm³/mol. The molecule has 0 saturated heterocycles. The van der Waals surface area contributed by atoms with Crippen LogP contribution >= 0.6 is 0 Å². The highest BCUT2D eigenvalue weighted by Gasteiger charge is 1.67. The van der Waals surface area contributed by atoms with Crippen LogP contribution < -0.4 is 0 Å². The molecule has 0 bridgehead atoms. The van der Waals surface area contributed by atoms with E-state index in [0.29, 0.717) is 0 Å². The van der Waals surface area contributed by atoms with Gasteiger partial charge in [0.1, 0.15) is 0 Å². The lowest BCUT2D eigenvalue weighted by Gasteiger charge is -1.78. The lowest BCUT2D eigenvalue weighted by atomic mass is 10.3. The molecule has 0 aliphatic heterocycles. The van der Waals surface area contributed by atoms with E-state index >= 15 is 0 Å². The SMILES string of the molecule is CCC/C=C/C=C/O. The van der Waals surface area contributed by atoms with E-state index in [1.807, 2.05) is 12.2 Å². The van der Waals surface area contributed by atoms with E-state index in [4.69, 9.17) is 5.11 Å². The summed E-state index contributed by atoms with van der Waals surface area (Å²) in [7, 11) is 0. The first kappa shape index (κ1) is 7.28. The maximum Gasteiger partial charge on any atom is 0.0791 e. The molecular formula is C7H12O. The summed E-state index contributed by atoms with van der Waals surface area (Å²) in [6, 6.07) is 0. The molecule has 8 heavy (non-hydrogen) atoms. The smallest absolute Gasteiger partial charge is 0.0791 e. The molecule has 0 unspecified atom stereocenters. The largest absolute Gasteiger partial charge is 0.516 e. The zero-order chi connectivity index (χ0) is 6.24. The van der Waals surface area contributed by atoms with Crippen LogP contribution in [0.25, 0.3) is 0 Å². The maximum absolute atomic E-state index is 8.13. The third kappa shape index (κ3) is 5.28. The number of aliphatic hydroxyl groups excluding tert-OH is 1. The molecule has 0 aromatic carbocycles. The predicted octanol–water partition coefficient (Wildman–Crippen LogP) is 2.41. The molecule has 0 rings (SSSR count). The van der Waals surface area contributed by atoms with E-state index in [2.05, 4.69) is 6.92 Å². The second-order valence-corrected chi connectivity index (χ2v) is 1.56. The maximum atomic E-state index is 8.13. The summed E-state index contributed by atoms with van der Waals surface area (Å²) in [5.41, 5.74) is 0. The number of allylic oxidation sites excluding steroid dienone is 3. The summed E-state index contributed by atoms with van der Waals surface area (Å²) in [6.07, 6.45) is 8.75. The topological polar surface area (TPSA) is 20.2 Å². The molecule has 0 amide bonds. The average molecular weight is 112 g/mol. The second-order valence-electron chi connectivity index (χ2n) is 1.56. The molecule has 0 heterocycles. The second kappa shape index (κ2) is 6.28. The van der Waals surface area contributed by atoms with Crippen LogP contribution in [0.15, 0.2) is 24.5 Å². The van der Waals surface area contributed by atoms with Crippen LogP contribution in [0.1, 0.15) is 19.8 Å². The minimum Gasteiger partial charge on any atom is -0.516 e. The fraction of sp³-hybridized carbons (Fsp3) is 0.429. The van der Waals surface area contributed by atoms with Gasteiger partial charge in [0, 0.05) is 0 Å². The van der Waals surface area contributed by atoms with Crippen molar-refractivity contribution in [1.82, 2.24) is 0 Å². The van der Waals surface area contributed by atoms with Crippen LogP contribution in [0.5, 0.6) is 0 Å². The molecule has 0 radical (unpaired) electrons. The van der Waals surface area contributed by atoms with Gasteiger partial charge in [-0.25, -0.2) is 0 Å². The van der Waals surface area contributed by atoms with Crippen LogP contribution in [0.2, 0.25) is 0 Å². The standard InChI is InChI=1S/C7H12O/c1-2-3-4-5-6-7-8/h4-8H,2-3H2,1H3/b5-4+,7-6+. The lowest BCUT2D eigenvalue weighted by molar-refractivity contribution is 0.473. The van der Waals surface area contributed by atoms with Gasteiger partial charge in [0.15, 0.2) is 0 Å². The monoisotopic (exact) mass is 112 g/mol. The molecule has 0 fully saturated rings. The van der Waals surface area contributed by atoms with Crippen LogP contribution in [-0.4, -0.2) is 5.11 Å². The van der Waals surface area contributed by atoms with E-state index in [9.17, 15) is 0 Å². The zero-order valence-corrected chi connectivity index (χ0v) is 5.17. The van der Waals surface area contributed by atoms with Crippen molar-refractivity contribution in [2.45, 2.75) is 19.8 Å². The number of rotatable bonds is 3. The van der Waals surface area contributed by atoms with Crippen molar-refractivity contribution < 1.29 is 5.11 Å². The molecule has 1 nitrogen and oxygen atoms in total. The molecule has 0 aliphatic rings. The molecular weight excluding hydrogens is 100 g/mol. The number of unbranched alkanes of at least 4 members (excludes halogenated alkanes) is 1. The Labute approximate surface area is 50.3 Å².